The zero-order chi connectivity index (χ0) is 15.5. The number of rotatable bonds is 5. The van der Waals surface area contributed by atoms with Crippen molar-refractivity contribution in [2.45, 2.75) is 18.9 Å². The predicted octanol–water partition coefficient (Wildman–Crippen LogP) is -1.20. The van der Waals surface area contributed by atoms with Crippen molar-refractivity contribution in [2.75, 3.05) is 51.3 Å². The maximum atomic E-state index is 12.1. The van der Waals surface area contributed by atoms with Crippen LogP contribution < -0.4 is 0 Å². The molecule has 7 nitrogen and oxygen atoms in total. The van der Waals surface area contributed by atoms with Crippen LogP contribution in [0.4, 0.5) is 0 Å². The molecule has 8 heteroatoms. The number of amides is 2. The highest BCUT2D eigenvalue weighted by molar-refractivity contribution is 7.91. The molecule has 2 fully saturated rings. The molecule has 120 valence electrons. The van der Waals surface area contributed by atoms with Crippen molar-refractivity contribution in [1.82, 2.24) is 14.7 Å². The Balaban J connectivity index is 1.73. The lowest BCUT2D eigenvalue weighted by Crippen LogP contribution is -2.48. The van der Waals surface area contributed by atoms with Crippen LogP contribution in [0, 0.1) is 0 Å². The second-order valence-corrected chi connectivity index (χ2v) is 8.04. The molecular formula is C13H23N3O4S. The van der Waals surface area contributed by atoms with Gasteiger partial charge in [0.1, 0.15) is 0 Å². The lowest BCUT2D eigenvalue weighted by Gasteiger charge is -2.33. The van der Waals surface area contributed by atoms with E-state index in [0.717, 1.165) is 6.41 Å². The molecule has 0 aromatic heterocycles. The molecule has 0 spiro atoms. The van der Waals surface area contributed by atoms with Gasteiger partial charge in [0.25, 0.3) is 0 Å². The van der Waals surface area contributed by atoms with Gasteiger partial charge in [-0.05, 0) is 13.5 Å². The Morgan fingerprint density at radius 2 is 1.95 bits per heavy atom. The van der Waals surface area contributed by atoms with Gasteiger partial charge in [-0.25, -0.2) is 8.42 Å². The summed E-state index contributed by atoms with van der Waals surface area (Å²) >= 11 is 0. The van der Waals surface area contributed by atoms with Gasteiger partial charge in [0, 0.05) is 45.2 Å². The van der Waals surface area contributed by atoms with Crippen molar-refractivity contribution in [3.63, 3.8) is 0 Å². The number of nitrogens with zero attached hydrogens (tertiary/aromatic N) is 3. The fourth-order valence-electron chi connectivity index (χ4n) is 2.81. The summed E-state index contributed by atoms with van der Waals surface area (Å²) in [5.74, 6) is 0.535. The summed E-state index contributed by atoms with van der Waals surface area (Å²) in [4.78, 5) is 28.2. The first-order chi connectivity index (χ1) is 9.91. The summed E-state index contributed by atoms with van der Waals surface area (Å²) in [5.41, 5.74) is 0. The first-order valence-electron chi connectivity index (χ1n) is 7.29. The van der Waals surface area contributed by atoms with Gasteiger partial charge in [0.15, 0.2) is 9.84 Å². The van der Waals surface area contributed by atoms with E-state index in [-0.39, 0.29) is 23.5 Å². The van der Waals surface area contributed by atoms with E-state index < -0.39 is 9.84 Å². The van der Waals surface area contributed by atoms with Gasteiger partial charge >= 0.3 is 0 Å². The topological polar surface area (TPSA) is 78.0 Å². The summed E-state index contributed by atoms with van der Waals surface area (Å²) in [6.07, 6.45) is 1.87. The van der Waals surface area contributed by atoms with E-state index in [0.29, 0.717) is 45.6 Å². The third-order valence-electron chi connectivity index (χ3n) is 4.33. The number of sulfone groups is 1. The lowest BCUT2D eigenvalue weighted by atomic mass is 10.2. The molecule has 0 bridgehead atoms. The van der Waals surface area contributed by atoms with Crippen LogP contribution in [0.15, 0.2) is 0 Å². The van der Waals surface area contributed by atoms with Crippen LogP contribution >= 0.6 is 0 Å². The maximum Gasteiger partial charge on any atom is 0.223 e. The average Bonchev–Trinajstić information content (AvgIpc) is 2.84. The third-order valence-corrected chi connectivity index (χ3v) is 6.08. The minimum atomic E-state index is -2.88. The molecule has 0 radical (unpaired) electrons. The number of carbonyl (C=O) groups excluding carboxylic acids is 2. The van der Waals surface area contributed by atoms with Gasteiger partial charge in [-0.3, -0.25) is 9.59 Å². The van der Waals surface area contributed by atoms with Crippen LogP contribution in [-0.4, -0.2) is 92.8 Å². The summed E-state index contributed by atoms with van der Waals surface area (Å²) < 4.78 is 22.9. The van der Waals surface area contributed by atoms with Crippen LogP contribution in [0.1, 0.15) is 12.8 Å². The first kappa shape index (κ1) is 16.2. The van der Waals surface area contributed by atoms with Gasteiger partial charge < -0.3 is 14.7 Å². The second kappa shape index (κ2) is 6.74. The Hall–Kier alpha value is -1.15. The van der Waals surface area contributed by atoms with Crippen LogP contribution in [0.2, 0.25) is 0 Å². The molecule has 1 atom stereocenters. The summed E-state index contributed by atoms with van der Waals surface area (Å²) in [6, 6.07) is 0.0368. The fraction of sp³-hybridized carbons (Fsp3) is 0.846. The average molecular weight is 317 g/mol. The van der Waals surface area contributed by atoms with Gasteiger partial charge in [-0.1, -0.05) is 0 Å². The summed E-state index contributed by atoms with van der Waals surface area (Å²) in [7, 11) is -1.01. The monoisotopic (exact) mass is 317 g/mol. The maximum absolute atomic E-state index is 12.1. The van der Waals surface area contributed by atoms with Crippen molar-refractivity contribution in [3.05, 3.63) is 0 Å². The van der Waals surface area contributed by atoms with Crippen LogP contribution in [0.5, 0.6) is 0 Å². The van der Waals surface area contributed by atoms with Gasteiger partial charge in [0.2, 0.25) is 12.3 Å². The van der Waals surface area contributed by atoms with Crippen molar-refractivity contribution in [2.24, 2.45) is 0 Å². The molecule has 2 aliphatic heterocycles. The SMILES string of the molecule is CN(CCC(=O)N1CCN(C=O)CC1)C1CCS(=O)(=O)C1. The number of piperazine rings is 1. The zero-order valence-corrected chi connectivity index (χ0v) is 13.2. The van der Waals surface area contributed by atoms with Crippen molar-refractivity contribution in [3.8, 4) is 0 Å². The molecule has 0 aliphatic carbocycles. The quantitative estimate of drug-likeness (QED) is 0.595. The zero-order valence-electron chi connectivity index (χ0n) is 12.4. The molecule has 0 aromatic carbocycles. The molecule has 0 N–H and O–H groups in total. The minimum Gasteiger partial charge on any atom is -0.342 e. The fourth-order valence-corrected chi connectivity index (χ4v) is 4.62. The van der Waals surface area contributed by atoms with Crippen molar-refractivity contribution in [1.29, 1.82) is 0 Å². The number of hydrogen-bond donors (Lipinski definition) is 0. The molecule has 2 aliphatic rings. The van der Waals surface area contributed by atoms with E-state index in [2.05, 4.69) is 0 Å². The lowest BCUT2D eigenvalue weighted by molar-refractivity contribution is -0.135. The van der Waals surface area contributed by atoms with Crippen LogP contribution in [0.3, 0.4) is 0 Å². The minimum absolute atomic E-state index is 0.0368. The Bertz CT molecular complexity index is 486. The Kier molecular flexibility index (Phi) is 5.21. The predicted molar refractivity (Wildman–Crippen MR) is 78.5 cm³/mol. The van der Waals surface area contributed by atoms with Gasteiger partial charge in [0.05, 0.1) is 11.5 Å². The molecule has 2 saturated heterocycles. The first-order valence-corrected chi connectivity index (χ1v) is 9.11. The van der Waals surface area contributed by atoms with E-state index in [9.17, 15) is 18.0 Å². The molecule has 2 rings (SSSR count). The normalized spacial score (nSPS) is 25.3. The molecule has 2 amide bonds. The van der Waals surface area contributed by atoms with Gasteiger partial charge in [-0.2, -0.15) is 0 Å². The smallest absolute Gasteiger partial charge is 0.223 e. The molecule has 0 saturated carbocycles. The molecule has 21 heavy (non-hydrogen) atoms. The number of hydrogen-bond acceptors (Lipinski definition) is 5. The molecule has 1 unspecified atom stereocenters. The highest BCUT2D eigenvalue weighted by Gasteiger charge is 2.31. The molecule has 2 heterocycles. The molecular weight excluding hydrogens is 294 g/mol. The standard InChI is InChI=1S/C13H23N3O4S/c1-14(12-3-9-21(19,20)10-12)4-2-13(18)16-7-5-15(11-17)6-8-16/h11-12H,2-10H2,1H3. The number of carbonyl (C=O) groups is 2. The van der Waals surface area contributed by atoms with E-state index in [1.165, 1.54) is 0 Å². The molecule has 0 aromatic rings. The Labute approximate surface area is 125 Å². The largest absolute Gasteiger partial charge is 0.342 e. The second-order valence-electron chi connectivity index (χ2n) is 5.81. The van der Waals surface area contributed by atoms with E-state index >= 15 is 0 Å². The Morgan fingerprint density at radius 3 is 2.48 bits per heavy atom. The van der Waals surface area contributed by atoms with E-state index in [1.54, 1.807) is 9.80 Å². The van der Waals surface area contributed by atoms with Crippen LogP contribution in [-0.2, 0) is 19.4 Å². The Morgan fingerprint density at radius 1 is 1.29 bits per heavy atom. The summed E-state index contributed by atoms with van der Waals surface area (Å²) in [5, 5.41) is 0. The van der Waals surface area contributed by atoms with Crippen molar-refractivity contribution < 1.29 is 18.0 Å². The van der Waals surface area contributed by atoms with E-state index in [4.69, 9.17) is 0 Å². The summed E-state index contributed by atoms with van der Waals surface area (Å²) in [6.45, 7) is 2.92. The van der Waals surface area contributed by atoms with E-state index in [1.807, 2.05) is 11.9 Å². The van der Waals surface area contributed by atoms with Gasteiger partial charge in [-0.15, -0.1) is 0 Å². The van der Waals surface area contributed by atoms with Crippen LogP contribution in [0.25, 0.3) is 0 Å². The highest BCUT2D eigenvalue weighted by Crippen LogP contribution is 2.16. The third kappa shape index (κ3) is 4.41. The highest BCUT2D eigenvalue weighted by atomic mass is 32.2. The van der Waals surface area contributed by atoms with Crippen molar-refractivity contribution >= 4 is 22.2 Å².